The minimum Gasteiger partial charge on any atom is -0.681 e. The first-order chi connectivity index (χ1) is 43.1. The number of aromatic nitrogens is 10. The molecule has 0 fully saturated rings. The largest absolute Gasteiger partial charge is 2.00 e. The van der Waals surface area contributed by atoms with E-state index in [1.54, 1.807) is 0 Å². The van der Waals surface area contributed by atoms with Gasteiger partial charge in [0.05, 0.1) is 51.2 Å². The second kappa shape index (κ2) is 25.8. The van der Waals surface area contributed by atoms with Crippen LogP contribution in [0.2, 0.25) is 0 Å². The van der Waals surface area contributed by atoms with Crippen molar-refractivity contribution in [3.63, 3.8) is 0 Å². The van der Waals surface area contributed by atoms with Gasteiger partial charge in [-0.15, -0.1) is 73.8 Å². The average molecular weight is 1330 g/mol. The van der Waals surface area contributed by atoms with E-state index in [1.165, 1.54) is 0 Å². The number of nitrogens with zero attached hydrogens (tertiary/aromatic N) is 12. The smallest absolute Gasteiger partial charge is 0.681 e. The molecule has 14 heterocycles. The van der Waals surface area contributed by atoms with Crippen molar-refractivity contribution in [3.05, 3.63) is 276 Å². The van der Waals surface area contributed by atoms with Crippen LogP contribution in [-0.4, -0.2) is 32.7 Å². The Hall–Kier alpha value is -9.50. The minimum atomic E-state index is 0. The van der Waals surface area contributed by atoms with Gasteiger partial charge in [-0.1, -0.05) is 127 Å². The molecule has 15 heteroatoms. The van der Waals surface area contributed by atoms with Crippen molar-refractivity contribution in [2.45, 2.75) is 41.5 Å². The van der Waals surface area contributed by atoms with Gasteiger partial charge in [0.1, 0.15) is 0 Å². The van der Waals surface area contributed by atoms with E-state index in [0.717, 1.165) is 190 Å². The molecule has 8 aromatic heterocycles. The zero-order valence-corrected chi connectivity index (χ0v) is 60.3. The zero-order chi connectivity index (χ0) is 59.6. The molecule has 428 valence electrons. The summed E-state index contributed by atoms with van der Waals surface area (Å²) < 4.78 is 0. The number of aliphatic imine (C=N–C) groups is 1. The van der Waals surface area contributed by atoms with Gasteiger partial charge in [-0.05, 0) is 180 Å². The maximum Gasteiger partial charge on any atom is 2.00 e. The van der Waals surface area contributed by atoms with E-state index >= 15 is 0 Å². The van der Waals surface area contributed by atoms with E-state index in [-0.39, 0.29) is 58.4 Å². The standard InChI is InChI=1S/C38H28N6.C38H27N6.3Zn/c2*1-22-27-12-14-29(41-27)23(2)31-16-18-35(43-31)38(36-19-17-32(44-36)24(3)30-15-13-28(22)42-30)26-10-8-25(9-11-26)37(33-6-4-20-39-33)34-7-5-21-40-34;;;/h4-20H,21H2,1-3H3;4-21H,1-3H3;;;/q-4;-3;;2*+2/b27-22?,28-22?,29-23?,30-24?,31-23?,32-24?,37-34-,38-35?,38-36?;27-22?,28-22?,29-23?,30-24?,31-23?,32-24?,37-33-,38-35?,38-36?;;;. The van der Waals surface area contributed by atoms with Crippen LogP contribution in [0.5, 0.6) is 0 Å². The van der Waals surface area contributed by atoms with Crippen molar-refractivity contribution in [3.8, 4) is 22.3 Å². The Kier molecular flexibility index (Phi) is 17.5. The Morgan fingerprint density at radius 1 is 0.363 bits per heavy atom. The molecule has 0 saturated carbocycles. The molecular weight excluding hydrogens is 1280 g/mol. The molecular formula is C76H55N12Zn3-3. The van der Waals surface area contributed by atoms with Gasteiger partial charge in [0.25, 0.3) is 0 Å². The van der Waals surface area contributed by atoms with Crippen LogP contribution in [0.1, 0.15) is 101 Å². The van der Waals surface area contributed by atoms with Crippen molar-refractivity contribution in [2.24, 2.45) is 4.99 Å². The predicted octanol–water partition coefficient (Wildman–Crippen LogP) is 16.0. The Balaban J connectivity index is 0.000000170. The maximum atomic E-state index is 5.13. The van der Waals surface area contributed by atoms with Crippen molar-refractivity contribution in [2.75, 3.05) is 6.54 Å². The molecule has 0 saturated heterocycles. The van der Waals surface area contributed by atoms with Crippen molar-refractivity contribution < 1.29 is 58.4 Å². The van der Waals surface area contributed by atoms with Gasteiger partial charge in [-0.3, -0.25) is 4.99 Å². The molecule has 0 amide bonds. The molecule has 0 atom stereocenters. The summed E-state index contributed by atoms with van der Waals surface area (Å²) in [6, 6.07) is 41.7. The Labute approximate surface area is 565 Å². The predicted molar refractivity (Wildman–Crippen MR) is 359 cm³/mol. The second-order valence-electron chi connectivity index (χ2n) is 22.3. The molecule has 0 radical (unpaired) electrons. The SMILES string of the molecule is Cc1c2nc(c(C)c3ccc([n-]3)c(-c3ccc(/C(=C4\C=CC=N4)c4ccc[n-]4)cc3)c3nc(c(C)c4ccc1[n-]4)C=C3)C=C2.Cc1c2nc(c(C)c3ccc([n-]3)c(-c3ccc(/C(=C4\C=CC[N-]4)c4ccc[n-]4)cc3)c3nc(c(C)c4ccc1[n-]4)C=C3)C=C2.[Zn+2].[Zn+2].[Zn]. The molecule has 10 aromatic rings. The van der Waals surface area contributed by atoms with Crippen molar-refractivity contribution in [1.29, 1.82) is 0 Å². The van der Waals surface area contributed by atoms with Crippen LogP contribution in [0, 0.1) is 41.5 Å². The van der Waals surface area contributed by atoms with Gasteiger partial charge in [0.2, 0.25) is 0 Å². The number of rotatable bonds is 6. The van der Waals surface area contributed by atoms with E-state index in [4.69, 9.17) is 45.2 Å². The third-order valence-electron chi connectivity index (χ3n) is 17.0. The van der Waals surface area contributed by atoms with Gasteiger partial charge < -0.3 is 35.2 Å². The first-order valence-electron chi connectivity index (χ1n) is 29.4. The number of benzene rings is 2. The number of fused-ring (bicyclic) bond motifs is 16. The molecule has 2 aromatic carbocycles. The summed E-state index contributed by atoms with van der Waals surface area (Å²) in [5.74, 6) is 0. The molecule has 0 aliphatic carbocycles. The Morgan fingerprint density at radius 2 is 0.703 bits per heavy atom. The van der Waals surface area contributed by atoms with Crippen LogP contribution in [-0.2, 0) is 58.4 Å². The molecule has 16 bridgehead atoms. The van der Waals surface area contributed by atoms with Gasteiger partial charge in [0.15, 0.2) is 0 Å². The number of allylic oxidation sites excluding steroid dienone is 3. The van der Waals surface area contributed by atoms with E-state index in [2.05, 4.69) is 214 Å². The third-order valence-corrected chi connectivity index (χ3v) is 17.0. The van der Waals surface area contributed by atoms with Gasteiger partial charge in [-0.25, -0.2) is 19.9 Å². The molecule has 12 nitrogen and oxygen atoms in total. The second-order valence-corrected chi connectivity index (χ2v) is 22.3. The molecule has 16 rings (SSSR count). The summed E-state index contributed by atoms with van der Waals surface area (Å²) in [7, 11) is 0. The van der Waals surface area contributed by atoms with Gasteiger partial charge >= 0.3 is 39.0 Å². The number of aryl methyl sites for hydroxylation is 6. The number of hydrogen-bond donors (Lipinski definition) is 0. The molecule has 0 N–H and O–H groups in total. The average Bonchev–Trinajstić information content (AvgIpc) is 1.80. The topological polar surface area (TPSA) is 163 Å². The van der Waals surface area contributed by atoms with Crippen LogP contribution in [0.4, 0.5) is 0 Å². The third kappa shape index (κ3) is 11.6. The molecule has 6 aliphatic rings. The quantitative estimate of drug-likeness (QED) is 0.146. The molecule has 0 unspecified atom stereocenters. The van der Waals surface area contributed by atoms with E-state index in [1.807, 2.05) is 55.0 Å². The van der Waals surface area contributed by atoms with Crippen LogP contribution < -0.4 is 29.9 Å². The van der Waals surface area contributed by atoms with Crippen LogP contribution in [0.3, 0.4) is 0 Å². The Morgan fingerprint density at radius 3 is 1.04 bits per heavy atom. The van der Waals surface area contributed by atoms with Crippen LogP contribution >= 0.6 is 0 Å². The van der Waals surface area contributed by atoms with Crippen molar-refractivity contribution >= 4 is 110 Å². The van der Waals surface area contributed by atoms with Crippen molar-refractivity contribution in [1.82, 2.24) is 49.8 Å². The molecule has 6 aliphatic heterocycles. The first-order valence-corrected chi connectivity index (χ1v) is 29.4. The summed E-state index contributed by atoms with van der Waals surface area (Å²) in [5, 5.41) is 4.70. The monoisotopic (exact) mass is 1330 g/mol. The van der Waals surface area contributed by atoms with Gasteiger partial charge in [-0.2, -0.15) is 12.4 Å². The fourth-order valence-corrected chi connectivity index (χ4v) is 11.9. The Bertz CT molecular complexity index is 5170. The first kappa shape index (κ1) is 61.7. The summed E-state index contributed by atoms with van der Waals surface area (Å²) in [6.45, 7) is 13.2. The minimum absolute atomic E-state index is 0. The fraction of sp³-hybridized carbons (Fsp3) is 0.0921. The van der Waals surface area contributed by atoms with E-state index < -0.39 is 0 Å². The summed E-state index contributed by atoms with van der Waals surface area (Å²) in [6.07, 6.45) is 30.1. The summed E-state index contributed by atoms with van der Waals surface area (Å²) in [4.78, 5) is 54.1. The summed E-state index contributed by atoms with van der Waals surface area (Å²) >= 11 is 0. The van der Waals surface area contributed by atoms with E-state index in [0.29, 0.717) is 6.54 Å². The molecule has 0 spiro atoms. The van der Waals surface area contributed by atoms with Gasteiger partial charge in [0, 0.05) is 25.7 Å². The van der Waals surface area contributed by atoms with E-state index in [9.17, 15) is 0 Å². The normalized spacial score (nSPS) is 14.2. The maximum absolute atomic E-state index is 5.13. The van der Waals surface area contributed by atoms with Crippen LogP contribution in [0.15, 0.2) is 174 Å². The molecule has 91 heavy (non-hydrogen) atoms. The zero-order valence-electron chi connectivity index (χ0n) is 51.4. The number of hydrogen-bond acceptors (Lipinski definition) is 5. The summed E-state index contributed by atoms with van der Waals surface area (Å²) in [5.41, 5.74) is 32.4. The fourth-order valence-electron chi connectivity index (χ4n) is 11.9. The van der Waals surface area contributed by atoms with Crippen LogP contribution in [0.25, 0.3) is 131 Å².